The first-order valence-electron chi connectivity index (χ1n) is 20.9. The number of amides is 4. The first-order valence-corrected chi connectivity index (χ1v) is 22.4. The van der Waals surface area contributed by atoms with Crippen LogP contribution in [-0.4, -0.2) is 89.2 Å². The Kier molecular flexibility index (Phi) is 15.3. The van der Waals surface area contributed by atoms with Gasteiger partial charge in [0.1, 0.15) is 23.4 Å². The van der Waals surface area contributed by atoms with Crippen LogP contribution >= 0.6 is 0 Å². The molecule has 3 heterocycles. The Hall–Kier alpha value is -4.54. The minimum atomic E-state index is -3.91. The lowest BCUT2D eigenvalue weighted by Crippen LogP contribution is -2.57. The Bertz CT molecular complexity index is 2040. The molecule has 6 rings (SSSR count). The average Bonchev–Trinajstić information content (AvgIpc) is 4.04. The molecule has 4 amide bonds. The number of nitrogens with one attached hydrogen (secondary N) is 2. The number of carbonyl (C=O) groups is 4. The minimum Gasteiger partial charge on any atom is -0.492 e. The number of allylic oxidation sites excluding steroid dienone is 1. The van der Waals surface area contributed by atoms with Crippen LogP contribution in [0.3, 0.4) is 0 Å². The lowest BCUT2D eigenvalue weighted by atomic mass is 9.91. The van der Waals surface area contributed by atoms with Crippen molar-refractivity contribution >= 4 is 44.6 Å². The number of benzene rings is 1. The van der Waals surface area contributed by atoms with Crippen LogP contribution in [0.1, 0.15) is 118 Å². The van der Waals surface area contributed by atoms with Gasteiger partial charge in [-0.3, -0.25) is 19.1 Å². The predicted octanol–water partition coefficient (Wildman–Crippen LogP) is 7.54. The van der Waals surface area contributed by atoms with Gasteiger partial charge < -0.3 is 30.2 Å². The van der Waals surface area contributed by atoms with E-state index in [1.54, 1.807) is 18.0 Å². The van der Waals surface area contributed by atoms with Crippen LogP contribution in [0.2, 0.25) is 0 Å². The number of ether oxygens (including phenoxy) is 3. The van der Waals surface area contributed by atoms with E-state index in [9.17, 15) is 36.4 Å². The van der Waals surface area contributed by atoms with Crippen molar-refractivity contribution in [2.45, 2.75) is 148 Å². The monoisotopic (exact) mass is 869 g/mol. The number of rotatable bonds is 9. The number of pyridine rings is 1. The number of halogens is 2. The van der Waals surface area contributed by atoms with Crippen molar-refractivity contribution in [1.82, 2.24) is 19.9 Å². The second-order valence-electron chi connectivity index (χ2n) is 17.1. The number of primary amides is 1. The minimum absolute atomic E-state index is 0. The Balaban J connectivity index is 0.00000109. The van der Waals surface area contributed by atoms with E-state index in [2.05, 4.69) is 39.3 Å². The molecular weight excluding hydrogens is 801 g/mol. The Morgan fingerprint density at radius 1 is 1.08 bits per heavy atom. The van der Waals surface area contributed by atoms with Crippen molar-refractivity contribution in [3.05, 3.63) is 42.6 Å². The van der Waals surface area contributed by atoms with Gasteiger partial charge in [-0.05, 0) is 84.1 Å². The molecule has 0 unspecified atom stereocenters. The van der Waals surface area contributed by atoms with Gasteiger partial charge >= 0.3 is 6.09 Å². The molecule has 340 valence electrons. The summed E-state index contributed by atoms with van der Waals surface area (Å²) in [4.78, 5) is 57.8. The third kappa shape index (κ3) is 11.2. The fraction of sp³-hybridized carbons (Fsp3) is 0.651. The zero-order chi connectivity index (χ0) is 44.8. The molecule has 60 heavy (non-hydrogen) atoms. The number of hydrogen-bond donors (Lipinski definition) is 3. The van der Waals surface area contributed by atoms with Gasteiger partial charge in [-0.1, -0.05) is 58.0 Å². The highest BCUT2D eigenvalue weighted by Gasteiger charge is 2.63. The van der Waals surface area contributed by atoms with E-state index in [1.165, 1.54) is 0 Å². The third-order valence-electron chi connectivity index (χ3n) is 11.7. The summed E-state index contributed by atoms with van der Waals surface area (Å²) in [6.07, 6.45) is 8.14. The molecule has 0 spiro atoms. The summed E-state index contributed by atoms with van der Waals surface area (Å²) in [7, 11) is -3.91. The second-order valence-corrected chi connectivity index (χ2v) is 19.3. The summed E-state index contributed by atoms with van der Waals surface area (Å²) in [5.74, 6) is -3.30. The fourth-order valence-corrected chi connectivity index (χ4v) is 8.73. The molecule has 6 atom stereocenters. The molecule has 0 radical (unpaired) electrons. The van der Waals surface area contributed by atoms with Crippen molar-refractivity contribution in [3.63, 3.8) is 0 Å². The Morgan fingerprint density at radius 2 is 1.73 bits per heavy atom. The molecule has 1 aromatic carbocycles. The van der Waals surface area contributed by atoms with Gasteiger partial charge in [0, 0.05) is 40.7 Å². The number of aromatic nitrogens is 1. The lowest BCUT2D eigenvalue weighted by Gasteiger charge is -2.29. The maximum atomic E-state index is 14.1. The number of nitrogens with zero attached hydrogens (tertiary/aromatic N) is 2. The van der Waals surface area contributed by atoms with E-state index < -0.39 is 61.9 Å². The average molecular weight is 870 g/mol. The maximum absolute atomic E-state index is 14.1. The first-order chi connectivity index (χ1) is 28.0. The number of carbonyl (C=O) groups excluding carboxylic acids is 4. The highest BCUT2D eigenvalue weighted by Crippen LogP contribution is 2.47. The van der Waals surface area contributed by atoms with Crippen LogP contribution in [0, 0.1) is 17.8 Å². The van der Waals surface area contributed by atoms with Crippen LogP contribution in [-0.2, 0) is 29.1 Å². The standard InChI is InChI=1S/C35H46N4O7S.C6H11F2NO2.C2H6.3H2/c1-5-45-29-20-36-32(27-13-9-8-12-26(27)29)46-25-18-28-31(41)37-35(33(42)38-47(43,44)34(4)14-15-34)19-24(35)11-7-6-10-22(2)16-23(3)17-30(40)39(28)21-25;1-5(2,6(3,7)8)11-4(9)10;1-2;;;/h7-9,11-13,20,22-25,28H,5-6,10,14-19,21H2,1-4H3,(H,37,41)(H,38,42);1-3H3,(H2,9,10);1-2H3;3*1H/b11-7-;;;;;/t22-,23-,24-,25-,28+,35-;;;;;/m1...../s1. The molecule has 2 aliphatic carbocycles. The van der Waals surface area contributed by atoms with Crippen LogP contribution in [0.4, 0.5) is 13.6 Å². The fourth-order valence-electron chi connectivity index (χ4n) is 7.42. The Labute approximate surface area is 357 Å². The van der Waals surface area contributed by atoms with Gasteiger partial charge in [-0.15, -0.1) is 0 Å². The molecule has 17 heteroatoms. The zero-order valence-corrected chi connectivity index (χ0v) is 37.1. The van der Waals surface area contributed by atoms with Crippen molar-refractivity contribution in [3.8, 4) is 11.6 Å². The molecule has 3 fully saturated rings. The summed E-state index contributed by atoms with van der Waals surface area (Å²) >= 11 is 0. The van der Waals surface area contributed by atoms with Gasteiger partial charge in [0.05, 0.1) is 24.1 Å². The SMILES string of the molecule is CC.CC(F)(F)C(C)(C)OC(N)=O.CCOc1cnc(O[C@@H]2C[C@H]3C(=O)N[C@]4(C(=O)NS(=O)(=O)C5(C)CC5)C[C@H]4/C=C\CC[C@@H](C)C[C@@H](C)CC(=O)N3C2)c2ccccc12.[HH].[HH].[HH]. The Morgan fingerprint density at radius 3 is 2.32 bits per heavy atom. The topological polar surface area (TPSA) is 196 Å². The summed E-state index contributed by atoms with van der Waals surface area (Å²) < 4.78 is 68.8. The van der Waals surface area contributed by atoms with Gasteiger partial charge in [0.25, 0.3) is 11.8 Å². The van der Waals surface area contributed by atoms with Crippen LogP contribution in [0.25, 0.3) is 10.8 Å². The highest BCUT2D eigenvalue weighted by molar-refractivity contribution is 7.91. The van der Waals surface area contributed by atoms with Crippen LogP contribution in [0.15, 0.2) is 42.6 Å². The normalized spacial score (nSPS) is 27.1. The highest BCUT2D eigenvalue weighted by atomic mass is 32.2. The molecule has 0 bridgehead atoms. The van der Waals surface area contributed by atoms with Gasteiger partial charge in [0.15, 0.2) is 5.60 Å². The summed E-state index contributed by atoms with van der Waals surface area (Å²) in [5, 5.41) is 4.54. The zero-order valence-electron chi connectivity index (χ0n) is 36.3. The van der Waals surface area contributed by atoms with E-state index in [0.717, 1.165) is 43.9 Å². The van der Waals surface area contributed by atoms with Crippen LogP contribution < -0.4 is 25.2 Å². The molecular formula is C43H69F2N5O9S. The quantitative estimate of drug-likeness (QED) is 0.212. The van der Waals surface area contributed by atoms with E-state index in [1.807, 2.05) is 57.2 Å². The van der Waals surface area contributed by atoms with Gasteiger partial charge in [0.2, 0.25) is 27.7 Å². The van der Waals surface area contributed by atoms with Gasteiger partial charge in [-0.2, -0.15) is 0 Å². The number of nitrogens with two attached hydrogens (primary N) is 1. The lowest BCUT2D eigenvalue weighted by molar-refractivity contribution is -0.148. The molecule has 2 aliphatic heterocycles. The van der Waals surface area contributed by atoms with Crippen molar-refractivity contribution in [1.29, 1.82) is 0 Å². The molecule has 4 N–H and O–H groups in total. The van der Waals surface area contributed by atoms with Crippen molar-refractivity contribution < 1.29 is 54.9 Å². The first kappa shape index (κ1) is 48.1. The van der Waals surface area contributed by atoms with Crippen LogP contribution in [0.5, 0.6) is 11.6 Å². The number of fused-ring (bicyclic) bond motifs is 3. The van der Waals surface area contributed by atoms with Gasteiger partial charge in [-0.25, -0.2) is 27.0 Å². The second kappa shape index (κ2) is 19.0. The molecule has 2 saturated carbocycles. The molecule has 1 saturated heterocycles. The third-order valence-corrected chi connectivity index (χ3v) is 13.9. The summed E-state index contributed by atoms with van der Waals surface area (Å²) in [6.45, 7) is 15.3. The summed E-state index contributed by atoms with van der Waals surface area (Å²) in [5.41, 5.74) is 1.32. The van der Waals surface area contributed by atoms with E-state index >= 15 is 0 Å². The van der Waals surface area contributed by atoms with E-state index in [0.29, 0.717) is 43.9 Å². The predicted molar refractivity (Wildman–Crippen MR) is 230 cm³/mol. The van der Waals surface area contributed by atoms with Crippen molar-refractivity contribution in [2.24, 2.45) is 23.5 Å². The summed E-state index contributed by atoms with van der Waals surface area (Å²) in [6, 6.07) is 6.73. The number of hydrogen-bond acceptors (Lipinski definition) is 10. The molecule has 1 aromatic heterocycles. The number of alkyl halides is 2. The molecule has 2 aromatic rings. The van der Waals surface area contributed by atoms with E-state index in [-0.39, 0.29) is 47.8 Å². The van der Waals surface area contributed by atoms with Crippen molar-refractivity contribution in [2.75, 3.05) is 13.2 Å². The maximum Gasteiger partial charge on any atom is 0.405 e. The van der Waals surface area contributed by atoms with E-state index in [4.69, 9.17) is 9.47 Å². The largest absolute Gasteiger partial charge is 0.492 e. The molecule has 4 aliphatic rings. The smallest absolute Gasteiger partial charge is 0.405 e. The number of sulfonamides is 1. The molecule has 14 nitrogen and oxygen atoms in total.